The summed E-state index contributed by atoms with van der Waals surface area (Å²) in [5.74, 6) is -3.45. The average molecular weight is 403 g/mol. The molecule has 0 radical (unpaired) electrons. The Morgan fingerprint density at radius 2 is 1.90 bits per heavy atom. The molecule has 8 heteroatoms. The van der Waals surface area contributed by atoms with Gasteiger partial charge in [-0.3, -0.25) is 14.5 Å². The maximum absolute atomic E-state index is 13.5. The zero-order valence-electron chi connectivity index (χ0n) is 15.9. The molecule has 1 saturated heterocycles. The number of amides is 2. The van der Waals surface area contributed by atoms with Crippen LogP contribution in [0.2, 0.25) is 0 Å². The van der Waals surface area contributed by atoms with Crippen LogP contribution in [0.25, 0.3) is 0 Å². The molecule has 6 nitrogen and oxygen atoms in total. The lowest BCUT2D eigenvalue weighted by atomic mass is 10.1. The summed E-state index contributed by atoms with van der Waals surface area (Å²) in [5, 5.41) is 4.57. The Hall–Kier alpha value is -2.84. The van der Waals surface area contributed by atoms with Crippen molar-refractivity contribution in [3.8, 4) is 0 Å². The number of anilines is 1. The van der Waals surface area contributed by atoms with Crippen molar-refractivity contribution >= 4 is 17.5 Å². The Morgan fingerprint density at radius 3 is 2.69 bits per heavy atom. The van der Waals surface area contributed by atoms with Crippen molar-refractivity contribution in [3.63, 3.8) is 0 Å². The number of halogens is 2. The molecule has 2 aromatic carbocycles. The van der Waals surface area contributed by atoms with Gasteiger partial charge in [-0.25, -0.2) is 8.78 Å². The van der Waals surface area contributed by atoms with E-state index in [2.05, 4.69) is 15.5 Å². The van der Waals surface area contributed by atoms with E-state index in [1.54, 1.807) is 0 Å². The van der Waals surface area contributed by atoms with E-state index in [-0.39, 0.29) is 11.8 Å². The van der Waals surface area contributed by atoms with E-state index in [1.165, 1.54) is 0 Å². The van der Waals surface area contributed by atoms with Crippen molar-refractivity contribution < 1.29 is 23.1 Å². The van der Waals surface area contributed by atoms with Crippen molar-refractivity contribution in [3.05, 3.63) is 65.7 Å². The molecule has 0 unspecified atom stereocenters. The lowest BCUT2D eigenvalue weighted by Gasteiger charge is -2.33. The monoisotopic (exact) mass is 403 g/mol. The molecule has 2 amide bonds. The van der Waals surface area contributed by atoms with Gasteiger partial charge in [0.15, 0.2) is 0 Å². The fourth-order valence-corrected chi connectivity index (χ4v) is 3.13. The number of hydrogen-bond acceptors (Lipinski definition) is 4. The molecule has 0 bridgehead atoms. The van der Waals surface area contributed by atoms with Gasteiger partial charge in [0.1, 0.15) is 11.6 Å². The van der Waals surface area contributed by atoms with Crippen LogP contribution in [0.4, 0.5) is 14.5 Å². The largest absolute Gasteiger partial charge is 0.371 e. The van der Waals surface area contributed by atoms with Crippen LogP contribution < -0.4 is 10.6 Å². The van der Waals surface area contributed by atoms with Gasteiger partial charge in [-0.05, 0) is 24.1 Å². The summed E-state index contributed by atoms with van der Waals surface area (Å²) >= 11 is 0. The van der Waals surface area contributed by atoms with Gasteiger partial charge in [0.05, 0.1) is 18.4 Å². The molecule has 0 aliphatic carbocycles. The Kier molecular flexibility index (Phi) is 7.26. The van der Waals surface area contributed by atoms with Crippen LogP contribution in [0.15, 0.2) is 48.5 Å². The van der Waals surface area contributed by atoms with Gasteiger partial charge in [0, 0.05) is 32.2 Å². The van der Waals surface area contributed by atoms with Crippen molar-refractivity contribution in [2.24, 2.45) is 0 Å². The van der Waals surface area contributed by atoms with Crippen molar-refractivity contribution in [2.75, 3.05) is 38.1 Å². The predicted octanol–water partition coefficient (Wildman–Crippen LogP) is 2.48. The molecule has 0 saturated carbocycles. The van der Waals surface area contributed by atoms with Crippen molar-refractivity contribution in [1.29, 1.82) is 0 Å². The quantitative estimate of drug-likeness (QED) is 0.574. The van der Waals surface area contributed by atoms with Crippen LogP contribution in [0.3, 0.4) is 0 Å². The molecule has 1 atom stereocenters. The third-order valence-corrected chi connectivity index (χ3v) is 4.64. The average Bonchev–Trinajstić information content (AvgIpc) is 2.74. The Balaban J connectivity index is 1.39. The fraction of sp³-hybridized carbons (Fsp3) is 0.333. The first kappa shape index (κ1) is 20.9. The summed E-state index contributed by atoms with van der Waals surface area (Å²) in [7, 11) is 0. The molecule has 2 N–H and O–H groups in total. The number of rotatable bonds is 6. The minimum absolute atomic E-state index is 0.0199. The molecule has 154 valence electrons. The number of benzene rings is 2. The van der Waals surface area contributed by atoms with E-state index >= 15 is 0 Å². The van der Waals surface area contributed by atoms with E-state index in [9.17, 15) is 18.4 Å². The lowest BCUT2D eigenvalue weighted by Crippen LogP contribution is -2.41. The standard InChI is InChI=1S/C21H23F2N3O3/c22-16-7-8-17(23)18(13-16)25-21(28)20(27)24-9-4-10-26-11-12-29-19(14-26)15-5-2-1-3-6-15/h1-3,5-8,13,19H,4,9-12,14H2,(H,24,27)(H,25,28)/t19-/m1/s1. The highest BCUT2D eigenvalue weighted by Gasteiger charge is 2.21. The molecule has 1 aliphatic heterocycles. The van der Waals surface area contributed by atoms with Gasteiger partial charge in [-0.2, -0.15) is 0 Å². The third kappa shape index (κ3) is 6.07. The number of carbonyl (C=O) groups is 2. The fourth-order valence-electron chi connectivity index (χ4n) is 3.13. The molecule has 0 spiro atoms. The highest BCUT2D eigenvalue weighted by atomic mass is 19.1. The zero-order valence-corrected chi connectivity index (χ0v) is 15.9. The van der Waals surface area contributed by atoms with Crippen LogP contribution in [0.1, 0.15) is 18.1 Å². The molecule has 29 heavy (non-hydrogen) atoms. The van der Waals surface area contributed by atoms with Crippen LogP contribution in [0.5, 0.6) is 0 Å². The summed E-state index contributed by atoms with van der Waals surface area (Å²) in [4.78, 5) is 25.9. The van der Waals surface area contributed by atoms with Crippen LogP contribution in [0, 0.1) is 11.6 Å². The molecule has 3 rings (SSSR count). The Morgan fingerprint density at radius 1 is 1.10 bits per heavy atom. The van der Waals surface area contributed by atoms with Gasteiger partial charge in [0.25, 0.3) is 0 Å². The molecule has 0 aromatic heterocycles. The first-order chi connectivity index (χ1) is 14.0. The zero-order chi connectivity index (χ0) is 20.6. The molecule has 1 aliphatic rings. The maximum Gasteiger partial charge on any atom is 0.313 e. The normalized spacial score (nSPS) is 17.0. The molecule has 1 fully saturated rings. The van der Waals surface area contributed by atoms with Crippen molar-refractivity contribution in [1.82, 2.24) is 10.2 Å². The van der Waals surface area contributed by atoms with E-state index in [4.69, 9.17) is 4.74 Å². The van der Waals surface area contributed by atoms with Gasteiger partial charge >= 0.3 is 11.8 Å². The van der Waals surface area contributed by atoms with Gasteiger partial charge in [-0.1, -0.05) is 30.3 Å². The summed E-state index contributed by atoms with van der Waals surface area (Å²) in [6.07, 6.45) is 0.668. The number of nitrogens with one attached hydrogen (secondary N) is 2. The molecular formula is C21H23F2N3O3. The number of nitrogens with zero attached hydrogens (tertiary/aromatic N) is 1. The number of hydrogen-bond donors (Lipinski definition) is 2. The molecule has 2 aromatic rings. The smallest absolute Gasteiger partial charge is 0.313 e. The maximum atomic E-state index is 13.5. The lowest BCUT2D eigenvalue weighted by molar-refractivity contribution is -0.136. The van der Waals surface area contributed by atoms with E-state index < -0.39 is 23.4 Å². The van der Waals surface area contributed by atoms with Gasteiger partial charge in [0.2, 0.25) is 0 Å². The first-order valence-electron chi connectivity index (χ1n) is 9.46. The van der Waals surface area contributed by atoms with Gasteiger partial charge < -0.3 is 15.4 Å². The Labute approximate surface area is 167 Å². The van der Waals surface area contributed by atoms with Crippen LogP contribution in [-0.2, 0) is 14.3 Å². The topological polar surface area (TPSA) is 70.7 Å². The number of carbonyl (C=O) groups excluding carboxylic acids is 2. The third-order valence-electron chi connectivity index (χ3n) is 4.64. The predicted molar refractivity (Wildman–Crippen MR) is 104 cm³/mol. The van der Waals surface area contributed by atoms with E-state index in [0.29, 0.717) is 19.6 Å². The summed E-state index contributed by atoms with van der Waals surface area (Å²) in [6, 6.07) is 12.6. The summed E-state index contributed by atoms with van der Waals surface area (Å²) in [6.45, 7) is 3.24. The van der Waals surface area contributed by atoms with Gasteiger partial charge in [-0.15, -0.1) is 0 Å². The molecule has 1 heterocycles. The number of morpholine rings is 1. The minimum Gasteiger partial charge on any atom is -0.371 e. The van der Waals surface area contributed by atoms with Crippen LogP contribution >= 0.6 is 0 Å². The highest BCUT2D eigenvalue weighted by Crippen LogP contribution is 2.21. The second-order valence-corrected chi connectivity index (χ2v) is 6.76. The summed E-state index contributed by atoms with van der Waals surface area (Å²) in [5.41, 5.74) is 0.761. The number of ether oxygens (including phenoxy) is 1. The van der Waals surface area contributed by atoms with E-state index in [0.717, 1.165) is 43.4 Å². The van der Waals surface area contributed by atoms with Crippen molar-refractivity contribution in [2.45, 2.75) is 12.5 Å². The summed E-state index contributed by atoms with van der Waals surface area (Å²) < 4.78 is 32.5. The molecular weight excluding hydrogens is 380 g/mol. The second-order valence-electron chi connectivity index (χ2n) is 6.76. The minimum atomic E-state index is -1.04. The van der Waals surface area contributed by atoms with Crippen LogP contribution in [-0.4, -0.2) is 49.5 Å². The SMILES string of the molecule is O=C(NCCCN1CCO[C@@H](c2ccccc2)C1)C(=O)Nc1cc(F)ccc1F. The Bertz CT molecular complexity index is 848. The van der Waals surface area contributed by atoms with E-state index in [1.807, 2.05) is 30.3 Å². The second kappa shape index (κ2) is 10.1. The highest BCUT2D eigenvalue weighted by molar-refractivity contribution is 6.39. The first-order valence-corrected chi connectivity index (χ1v) is 9.46.